The van der Waals surface area contributed by atoms with Crippen LogP contribution in [0.15, 0.2) is 45.6 Å². The molecule has 1 aromatic carbocycles. The molecule has 3 rings (SSSR count). The molecule has 0 radical (unpaired) electrons. The average molecular weight is 326 g/mol. The molecule has 0 atom stereocenters. The molecule has 0 unspecified atom stereocenters. The first-order chi connectivity index (χ1) is 11.6. The van der Waals surface area contributed by atoms with Crippen LogP contribution in [-0.4, -0.2) is 23.9 Å². The second-order valence-corrected chi connectivity index (χ2v) is 6.25. The van der Waals surface area contributed by atoms with E-state index in [1.54, 1.807) is 6.92 Å². The number of amides is 1. The van der Waals surface area contributed by atoms with Crippen molar-refractivity contribution in [2.45, 2.75) is 32.9 Å². The molecule has 24 heavy (non-hydrogen) atoms. The van der Waals surface area contributed by atoms with Crippen molar-refractivity contribution in [3.8, 4) is 0 Å². The maximum absolute atomic E-state index is 12.1. The Kier molecular flexibility index (Phi) is 5.11. The van der Waals surface area contributed by atoms with Crippen LogP contribution >= 0.6 is 0 Å². The molecular formula is C19H22N2O3. The quantitative estimate of drug-likeness (QED) is 0.917. The zero-order valence-electron chi connectivity index (χ0n) is 13.9. The van der Waals surface area contributed by atoms with Gasteiger partial charge in [-0.15, -0.1) is 0 Å². The molecule has 0 bridgehead atoms. The van der Waals surface area contributed by atoms with Crippen LogP contribution in [0.3, 0.4) is 0 Å². The molecule has 1 saturated heterocycles. The van der Waals surface area contributed by atoms with E-state index >= 15 is 0 Å². The molecule has 5 heteroatoms. The van der Waals surface area contributed by atoms with Gasteiger partial charge in [0.05, 0.1) is 0 Å². The standard InChI is InChI=1S/C19H22N2O3/c1-14-9-17(22)11-18(24-14)19(23)20-12-15-5-4-6-16(10-15)13-21-7-2-3-8-21/h4-6,9-11H,2-3,7-8,12-13H2,1H3,(H,20,23). The third-order valence-electron chi connectivity index (χ3n) is 4.16. The number of nitrogens with one attached hydrogen (secondary N) is 1. The number of hydrogen-bond acceptors (Lipinski definition) is 4. The summed E-state index contributed by atoms with van der Waals surface area (Å²) < 4.78 is 5.30. The second kappa shape index (κ2) is 7.45. The first-order valence-corrected chi connectivity index (χ1v) is 8.30. The third-order valence-corrected chi connectivity index (χ3v) is 4.16. The highest BCUT2D eigenvalue weighted by atomic mass is 16.3. The minimum absolute atomic E-state index is 0.0493. The van der Waals surface area contributed by atoms with Gasteiger partial charge in [-0.2, -0.15) is 0 Å². The van der Waals surface area contributed by atoms with Crippen LogP contribution in [0.1, 0.15) is 40.3 Å². The Morgan fingerprint density at radius 2 is 1.92 bits per heavy atom. The van der Waals surface area contributed by atoms with Gasteiger partial charge in [0.25, 0.3) is 5.91 Å². The van der Waals surface area contributed by atoms with Gasteiger partial charge in [0, 0.05) is 25.2 Å². The summed E-state index contributed by atoms with van der Waals surface area (Å²) in [7, 11) is 0. The Labute approximate surface area is 141 Å². The van der Waals surface area contributed by atoms with Gasteiger partial charge >= 0.3 is 0 Å². The molecule has 2 aromatic rings. The number of aryl methyl sites for hydroxylation is 1. The molecule has 0 spiro atoms. The molecule has 1 aromatic heterocycles. The van der Waals surface area contributed by atoms with Gasteiger partial charge in [-0.3, -0.25) is 14.5 Å². The van der Waals surface area contributed by atoms with E-state index in [2.05, 4.69) is 22.3 Å². The molecule has 126 valence electrons. The molecule has 1 aliphatic heterocycles. The van der Waals surface area contributed by atoms with Gasteiger partial charge < -0.3 is 9.73 Å². The van der Waals surface area contributed by atoms with E-state index in [9.17, 15) is 9.59 Å². The van der Waals surface area contributed by atoms with E-state index in [4.69, 9.17) is 4.42 Å². The zero-order chi connectivity index (χ0) is 16.9. The Bertz CT molecular complexity index is 776. The van der Waals surface area contributed by atoms with Crippen molar-refractivity contribution in [3.05, 3.63) is 69.3 Å². The van der Waals surface area contributed by atoms with Crippen LogP contribution in [0.4, 0.5) is 0 Å². The monoisotopic (exact) mass is 326 g/mol. The van der Waals surface area contributed by atoms with Crippen molar-refractivity contribution >= 4 is 5.91 Å². The number of rotatable bonds is 5. The summed E-state index contributed by atoms with van der Waals surface area (Å²) in [6.45, 7) is 5.33. The average Bonchev–Trinajstić information content (AvgIpc) is 3.05. The normalized spacial score (nSPS) is 14.7. The van der Waals surface area contributed by atoms with Crippen molar-refractivity contribution < 1.29 is 9.21 Å². The van der Waals surface area contributed by atoms with Gasteiger partial charge in [-0.05, 0) is 44.0 Å². The van der Waals surface area contributed by atoms with Crippen molar-refractivity contribution in [3.63, 3.8) is 0 Å². The van der Waals surface area contributed by atoms with E-state index in [0.29, 0.717) is 12.3 Å². The van der Waals surface area contributed by atoms with Crippen molar-refractivity contribution in [1.29, 1.82) is 0 Å². The predicted octanol–water partition coefficient (Wildman–Crippen LogP) is 2.47. The second-order valence-electron chi connectivity index (χ2n) is 6.25. The molecule has 1 aliphatic rings. The number of likely N-dealkylation sites (tertiary alicyclic amines) is 1. The lowest BCUT2D eigenvalue weighted by Gasteiger charge is -2.15. The van der Waals surface area contributed by atoms with Gasteiger partial charge in [0.2, 0.25) is 0 Å². The highest BCUT2D eigenvalue weighted by molar-refractivity contribution is 5.91. The van der Waals surface area contributed by atoms with Crippen molar-refractivity contribution in [2.75, 3.05) is 13.1 Å². The van der Waals surface area contributed by atoms with E-state index < -0.39 is 0 Å². The summed E-state index contributed by atoms with van der Waals surface area (Å²) in [6, 6.07) is 10.8. The van der Waals surface area contributed by atoms with Gasteiger partial charge in [0.1, 0.15) is 5.76 Å². The first-order valence-electron chi connectivity index (χ1n) is 8.30. The van der Waals surface area contributed by atoms with Crippen molar-refractivity contribution in [1.82, 2.24) is 10.2 Å². The number of nitrogens with zero attached hydrogens (tertiary/aromatic N) is 1. The topological polar surface area (TPSA) is 62.6 Å². The predicted molar refractivity (Wildman–Crippen MR) is 91.8 cm³/mol. The first kappa shape index (κ1) is 16.5. The van der Waals surface area contributed by atoms with E-state index in [0.717, 1.165) is 25.2 Å². The van der Waals surface area contributed by atoms with Crippen LogP contribution in [0, 0.1) is 6.92 Å². The van der Waals surface area contributed by atoms with E-state index in [1.165, 1.54) is 30.5 Å². The summed E-state index contributed by atoms with van der Waals surface area (Å²) in [5.74, 6) is 0.106. The maximum Gasteiger partial charge on any atom is 0.287 e. The number of hydrogen-bond donors (Lipinski definition) is 1. The summed E-state index contributed by atoms with van der Waals surface area (Å²) in [6.07, 6.45) is 2.55. The lowest BCUT2D eigenvalue weighted by Crippen LogP contribution is -2.24. The zero-order valence-corrected chi connectivity index (χ0v) is 13.9. The summed E-state index contributed by atoms with van der Waals surface area (Å²) in [5.41, 5.74) is 2.07. The van der Waals surface area contributed by atoms with Crippen molar-refractivity contribution in [2.24, 2.45) is 0 Å². The van der Waals surface area contributed by atoms with Crippen LogP contribution < -0.4 is 10.7 Å². The third kappa shape index (κ3) is 4.32. The van der Waals surface area contributed by atoms with Crippen LogP contribution in [0.2, 0.25) is 0 Å². The Balaban J connectivity index is 1.61. The SMILES string of the molecule is Cc1cc(=O)cc(C(=O)NCc2cccc(CN3CCCC3)c2)o1. The number of carbonyl (C=O) groups excluding carboxylic acids is 1. The van der Waals surface area contributed by atoms with Gasteiger partial charge in [-0.25, -0.2) is 0 Å². The molecule has 0 aliphatic carbocycles. The highest BCUT2D eigenvalue weighted by Crippen LogP contribution is 2.14. The highest BCUT2D eigenvalue weighted by Gasteiger charge is 2.12. The minimum atomic E-state index is -0.374. The maximum atomic E-state index is 12.1. The van der Waals surface area contributed by atoms with Gasteiger partial charge in [-0.1, -0.05) is 24.3 Å². The lowest BCUT2D eigenvalue weighted by molar-refractivity contribution is 0.0919. The summed E-state index contributed by atoms with van der Waals surface area (Å²) >= 11 is 0. The molecule has 1 N–H and O–H groups in total. The van der Waals surface area contributed by atoms with E-state index in [1.807, 2.05) is 12.1 Å². The van der Waals surface area contributed by atoms with E-state index in [-0.39, 0.29) is 17.1 Å². The summed E-state index contributed by atoms with van der Waals surface area (Å²) in [4.78, 5) is 26.0. The molecule has 5 nitrogen and oxygen atoms in total. The number of carbonyl (C=O) groups is 1. The van der Waals surface area contributed by atoms with Crippen LogP contribution in [-0.2, 0) is 13.1 Å². The fourth-order valence-corrected chi connectivity index (χ4v) is 3.02. The molecule has 1 amide bonds. The molecular weight excluding hydrogens is 304 g/mol. The van der Waals surface area contributed by atoms with Crippen LogP contribution in [0.5, 0.6) is 0 Å². The lowest BCUT2D eigenvalue weighted by atomic mass is 10.1. The summed E-state index contributed by atoms with van der Waals surface area (Å²) in [5, 5.41) is 2.81. The minimum Gasteiger partial charge on any atom is -0.456 e. The number of benzene rings is 1. The largest absolute Gasteiger partial charge is 0.456 e. The fraction of sp³-hybridized carbons (Fsp3) is 0.368. The van der Waals surface area contributed by atoms with Crippen LogP contribution in [0.25, 0.3) is 0 Å². The van der Waals surface area contributed by atoms with Gasteiger partial charge in [0.15, 0.2) is 11.2 Å². The Morgan fingerprint density at radius 1 is 1.17 bits per heavy atom. The Morgan fingerprint density at radius 3 is 2.67 bits per heavy atom. The fourth-order valence-electron chi connectivity index (χ4n) is 3.02. The Hall–Kier alpha value is -2.40. The molecule has 0 saturated carbocycles. The molecule has 2 heterocycles. The molecule has 1 fully saturated rings. The smallest absolute Gasteiger partial charge is 0.287 e.